The van der Waals surface area contributed by atoms with Crippen LogP contribution in [0.2, 0.25) is 0 Å². The van der Waals surface area contributed by atoms with E-state index in [1.54, 1.807) is 13.3 Å². The van der Waals surface area contributed by atoms with E-state index in [9.17, 15) is 0 Å². The molecule has 0 fully saturated rings. The molecule has 0 spiro atoms. The molecule has 22 heavy (non-hydrogen) atoms. The summed E-state index contributed by atoms with van der Waals surface area (Å²) >= 11 is 1.53. The van der Waals surface area contributed by atoms with Gasteiger partial charge in [0, 0.05) is 36.4 Å². The summed E-state index contributed by atoms with van der Waals surface area (Å²) in [4.78, 5) is 8.82. The van der Waals surface area contributed by atoms with Crippen molar-refractivity contribution in [1.29, 1.82) is 0 Å². The second kappa shape index (κ2) is 6.67. The van der Waals surface area contributed by atoms with Crippen molar-refractivity contribution in [3.63, 3.8) is 0 Å². The summed E-state index contributed by atoms with van der Waals surface area (Å²) in [7, 11) is 1.63. The number of hydrogen-bond acceptors (Lipinski definition) is 7. The molecule has 0 amide bonds. The molecule has 0 saturated heterocycles. The molecular weight excluding hydrogens is 302 g/mol. The number of hydrogen-bond donors (Lipinski definition) is 0. The molecule has 0 saturated carbocycles. The lowest BCUT2D eigenvalue weighted by Gasteiger charge is -2.04. The molecule has 3 rings (SSSR count). The van der Waals surface area contributed by atoms with Crippen LogP contribution in [0.5, 0.6) is 5.88 Å². The Hall–Kier alpha value is -2.25. The Morgan fingerprint density at radius 1 is 1.27 bits per heavy atom. The van der Waals surface area contributed by atoms with Crippen LogP contribution in [0.3, 0.4) is 0 Å². The molecule has 3 aromatic rings. The second-order valence-corrected chi connectivity index (χ2v) is 5.45. The fourth-order valence-electron chi connectivity index (χ4n) is 1.83. The van der Waals surface area contributed by atoms with E-state index >= 15 is 0 Å². The van der Waals surface area contributed by atoms with Crippen LogP contribution in [-0.2, 0) is 4.74 Å². The Morgan fingerprint density at radius 3 is 2.86 bits per heavy atom. The zero-order chi connectivity index (χ0) is 15.4. The van der Waals surface area contributed by atoms with E-state index in [1.165, 1.54) is 11.3 Å². The van der Waals surface area contributed by atoms with E-state index in [0.717, 1.165) is 22.0 Å². The summed E-state index contributed by atoms with van der Waals surface area (Å²) in [5.74, 6) is 1.25. The van der Waals surface area contributed by atoms with Gasteiger partial charge in [0.05, 0.1) is 12.3 Å². The van der Waals surface area contributed by atoms with Gasteiger partial charge in [-0.15, -0.1) is 11.3 Å². The highest BCUT2D eigenvalue weighted by Gasteiger charge is 2.11. The number of methoxy groups -OCH3 is 1. The summed E-state index contributed by atoms with van der Waals surface area (Å²) in [6.45, 7) is 2.90. The molecule has 0 atom stereocenters. The quantitative estimate of drug-likeness (QED) is 0.650. The Labute approximate surface area is 131 Å². The summed E-state index contributed by atoms with van der Waals surface area (Å²) in [6, 6.07) is 5.62. The Morgan fingerprint density at radius 2 is 2.18 bits per heavy atom. The molecule has 0 radical (unpaired) electrons. The monoisotopic (exact) mass is 317 g/mol. The zero-order valence-electron chi connectivity index (χ0n) is 12.3. The standard InChI is InChI=1S/C15H15N3O3S/c1-10-7-13(21-18-10)12-9-22-15(17-12)11-3-4-14(16-8-11)20-6-5-19-2/h3-4,7-9H,5-6H2,1-2H3. The van der Waals surface area contributed by atoms with E-state index < -0.39 is 0 Å². The predicted molar refractivity (Wildman–Crippen MR) is 83.0 cm³/mol. The Bertz CT molecular complexity index is 737. The first kappa shape index (κ1) is 14.7. The van der Waals surface area contributed by atoms with Crippen LogP contribution in [-0.4, -0.2) is 35.4 Å². The number of rotatable bonds is 6. The SMILES string of the molecule is COCCOc1ccc(-c2nc(-c3cc(C)no3)cs2)cn1. The molecule has 7 heteroatoms. The van der Waals surface area contributed by atoms with E-state index in [2.05, 4.69) is 15.1 Å². The van der Waals surface area contributed by atoms with Crippen LogP contribution in [0.1, 0.15) is 5.69 Å². The highest BCUT2D eigenvalue weighted by atomic mass is 32.1. The van der Waals surface area contributed by atoms with Gasteiger partial charge in [-0.3, -0.25) is 0 Å². The van der Waals surface area contributed by atoms with E-state index in [4.69, 9.17) is 14.0 Å². The number of aromatic nitrogens is 3. The van der Waals surface area contributed by atoms with Crippen LogP contribution < -0.4 is 4.74 Å². The molecule has 0 aliphatic carbocycles. The Balaban J connectivity index is 1.73. The number of aryl methyl sites for hydroxylation is 1. The third-order valence-electron chi connectivity index (χ3n) is 2.91. The molecule has 3 heterocycles. The lowest BCUT2D eigenvalue weighted by atomic mass is 10.3. The average Bonchev–Trinajstić information content (AvgIpc) is 3.17. The van der Waals surface area contributed by atoms with Crippen LogP contribution in [0.25, 0.3) is 22.0 Å². The van der Waals surface area contributed by atoms with Crippen molar-refractivity contribution < 1.29 is 14.0 Å². The van der Waals surface area contributed by atoms with Gasteiger partial charge in [0.15, 0.2) is 5.76 Å². The molecular formula is C15H15N3O3S. The minimum Gasteiger partial charge on any atom is -0.475 e. The predicted octanol–water partition coefficient (Wildman–Crippen LogP) is 3.19. The topological polar surface area (TPSA) is 70.3 Å². The molecule has 0 aliphatic rings. The number of pyridine rings is 1. The number of nitrogens with zero attached hydrogens (tertiary/aromatic N) is 3. The fourth-order valence-corrected chi connectivity index (χ4v) is 2.63. The van der Waals surface area contributed by atoms with Crippen molar-refractivity contribution >= 4 is 11.3 Å². The van der Waals surface area contributed by atoms with Crippen molar-refractivity contribution in [3.05, 3.63) is 35.5 Å². The Kier molecular flexibility index (Phi) is 4.45. The minimum atomic E-state index is 0.481. The summed E-state index contributed by atoms with van der Waals surface area (Å²) in [5.41, 5.74) is 2.55. The highest BCUT2D eigenvalue weighted by Crippen LogP contribution is 2.29. The summed E-state index contributed by atoms with van der Waals surface area (Å²) in [5, 5.41) is 6.69. The van der Waals surface area contributed by atoms with Gasteiger partial charge in [0.1, 0.15) is 17.3 Å². The van der Waals surface area contributed by atoms with Gasteiger partial charge >= 0.3 is 0 Å². The number of thiazole rings is 1. The van der Waals surface area contributed by atoms with Gasteiger partial charge in [0.25, 0.3) is 0 Å². The summed E-state index contributed by atoms with van der Waals surface area (Å²) in [6.07, 6.45) is 1.75. The third kappa shape index (κ3) is 3.32. The van der Waals surface area contributed by atoms with Crippen molar-refractivity contribution in [2.75, 3.05) is 20.3 Å². The highest BCUT2D eigenvalue weighted by molar-refractivity contribution is 7.13. The van der Waals surface area contributed by atoms with Gasteiger partial charge in [-0.2, -0.15) is 0 Å². The zero-order valence-corrected chi connectivity index (χ0v) is 13.1. The molecule has 0 aliphatic heterocycles. The van der Waals surface area contributed by atoms with Crippen molar-refractivity contribution in [2.24, 2.45) is 0 Å². The van der Waals surface area contributed by atoms with E-state index in [1.807, 2.05) is 30.5 Å². The van der Waals surface area contributed by atoms with Crippen LogP contribution >= 0.6 is 11.3 Å². The van der Waals surface area contributed by atoms with Crippen molar-refractivity contribution in [1.82, 2.24) is 15.1 Å². The maximum Gasteiger partial charge on any atom is 0.213 e. The minimum absolute atomic E-state index is 0.481. The first-order valence-corrected chi connectivity index (χ1v) is 7.61. The van der Waals surface area contributed by atoms with Crippen LogP contribution in [0.15, 0.2) is 34.3 Å². The van der Waals surface area contributed by atoms with Gasteiger partial charge in [-0.05, 0) is 13.0 Å². The van der Waals surface area contributed by atoms with Gasteiger partial charge in [-0.25, -0.2) is 9.97 Å². The van der Waals surface area contributed by atoms with Gasteiger partial charge in [0.2, 0.25) is 5.88 Å². The molecule has 0 N–H and O–H groups in total. The van der Waals surface area contributed by atoms with Gasteiger partial charge in [-0.1, -0.05) is 5.16 Å². The first-order chi connectivity index (χ1) is 10.8. The van der Waals surface area contributed by atoms with Crippen molar-refractivity contribution in [2.45, 2.75) is 6.92 Å². The maximum absolute atomic E-state index is 5.44. The molecule has 3 aromatic heterocycles. The average molecular weight is 317 g/mol. The molecule has 0 unspecified atom stereocenters. The summed E-state index contributed by atoms with van der Waals surface area (Å²) < 4.78 is 15.6. The maximum atomic E-state index is 5.44. The van der Waals surface area contributed by atoms with Crippen LogP contribution in [0, 0.1) is 6.92 Å². The van der Waals surface area contributed by atoms with E-state index in [0.29, 0.717) is 24.9 Å². The normalized spacial score (nSPS) is 10.8. The van der Waals surface area contributed by atoms with Crippen LogP contribution in [0.4, 0.5) is 0 Å². The molecule has 6 nitrogen and oxygen atoms in total. The number of ether oxygens (including phenoxy) is 2. The fraction of sp³-hybridized carbons (Fsp3) is 0.267. The van der Waals surface area contributed by atoms with Crippen molar-refractivity contribution in [3.8, 4) is 27.9 Å². The smallest absolute Gasteiger partial charge is 0.213 e. The molecule has 0 aromatic carbocycles. The third-order valence-corrected chi connectivity index (χ3v) is 3.80. The molecule has 0 bridgehead atoms. The lowest BCUT2D eigenvalue weighted by Crippen LogP contribution is -2.05. The first-order valence-electron chi connectivity index (χ1n) is 6.73. The lowest BCUT2D eigenvalue weighted by molar-refractivity contribution is 0.144. The second-order valence-electron chi connectivity index (χ2n) is 4.60. The van der Waals surface area contributed by atoms with Gasteiger partial charge < -0.3 is 14.0 Å². The molecule has 114 valence electrons. The van der Waals surface area contributed by atoms with E-state index in [-0.39, 0.29) is 0 Å². The largest absolute Gasteiger partial charge is 0.475 e.